The van der Waals surface area contributed by atoms with Crippen molar-refractivity contribution in [1.82, 2.24) is 9.97 Å². The summed E-state index contributed by atoms with van der Waals surface area (Å²) in [5.41, 5.74) is 5.47. The fourth-order valence-corrected chi connectivity index (χ4v) is 0.650. The predicted molar refractivity (Wildman–Crippen MR) is 42.2 cm³/mol. The summed E-state index contributed by atoms with van der Waals surface area (Å²) >= 11 is 0. The fraction of sp³-hybridized carbons (Fsp3) is 0.429. The van der Waals surface area contributed by atoms with Gasteiger partial charge < -0.3 is 10.5 Å². The van der Waals surface area contributed by atoms with Crippen molar-refractivity contribution in [2.45, 2.75) is 20.0 Å². The van der Waals surface area contributed by atoms with E-state index in [1.54, 1.807) is 6.20 Å². The maximum atomic E-state index is 5.47. The van der Waals surface area contributed by atoms with Crippen molar-refractivity contribution < 1.29 is 4.74 Å². The number of nitrogens with zero attached hydrogens (tertiary/aromatic N) is 2. The van der Waals surface area contributed by atoms with Crippen LogP contribution in [0.15, 0.2) is 12.4 Å². The average molecular weight is 153 g/mol. The third-order valence-corrected chi connectivity index (χ3v) is 1.04. The molecule has 0 aliphatic rings. The molecule has 11 heavy (non-hydrogen) atoms. The lowest BCUT2D eigenvalue weighted by Gasteiger charge is -2.08. The Morgan fingerprint density at radius 3 is 2.55 bits per heavy atom. The van der Waals surface area contributed by atoms with E-state index in [1.165, 1.54) is 6.20 Å². The Labute approximate surface area is 65.4 Å². The summed E-state index contributed by atoms with van der Waals surface area (Å²) in [6.07, 6.45) is 3.16. The molecule has 1 aromatic heterocycles. The van der Waals surface area contributed by atoms with E-state index in [-0.39, 0.29) is 6.10 Å². The SMILES string of the molecule is CC(C)Oc1nccnc1N. The molecule has 0 aliphatic carbocycles. The second-order valence-electron chi connectivity index (χ2n) is 2.41. The number of rotatable bonds is 2. The highest BCUT2D eigenvalue weighted by atomic mass is 16.5. The molecule has 1 aromatic rings. The van der Waals surface area contributed by atoms with Gasteiger partial charge >= 0.3 is 0 Å². The minimum absolute atomic E-state index is 0.0778. The van der Waals surface area contributed by atoms with E-state index >= 15 is 0 Å². The third-order valence-electron chi connectivity index (χ3n) is 1.04. The minimum atomic E-state index is 0.0778. The van der Waals surface area contributed by atoms with E-state index in [0.29, 0.717) is 11.7 Å². The van der Waals surface area contributed by atoms with Crippen LogP contribution in [0.1, 0.15) is 13.8 Å². The minimum Gasteiger partial charge on any atom is -0.472 e. The Morgan fingerprint density at radius 2 is 2.00 bits per heavy atom. The Hall–Kier alpha value is -1.32. The van der Waals surface area contributed by atoms with Crippen LogP contribution in [0.5, 0.6) is 5.88 Å². The average Bonchev–Trinajstić information content (AvgIpc) is 1.93. The lowest BCUT2D eigenvalue weighted by Crippen LogP contribution is -2.09. The zero-order chi connectivity index (χ0) is 8.27. The molecule has 1 rings (SSSR count). The maximum Gasteiger partial charge on any atom is 0.257 e. The summed E-state index contributed by atoms with van der Waals surface area (Å²) in [4.78, 5) is 7.73. The van der Waals surface area contributed by atoms with Crippen LogP contribution in [0.4, 0.5) is 5.82 Å². The first kappa shape index (κ1) is 7.78. The number of nitrogen functional groups attached to an aromatic ring is 1. The van der Waals surface area contributed by atoms with Gasteiger partial charge in [0.15, 0.2) is 5.82 Å². The molecule has 0 fully saturated rings. The number of ether oxygens (including phenoxy) is 1. The molecule has 4 nitrogen and oxygen atoms in total. The van der Waals surface area contributed by atoms with Gasteiger partial charge in [-0.1, -0.05) is 0 Å². The van der Waals surface area contributed by atoms with Gasteiger partial charge in [0.1, 0.15) is 0 Å². The van der Waals surface area contributed by atoms with E-state index in [1.807, 2.05) is 13.8 Å². The van der Waals surface area contributed by atoms with Crippen molar-refractivity contribution >= 4 is 5.82 Å². The first-order chi connectivity index (χ1) is 5.20. The van der Waals surface area contributed by atoms with Crippen LogP contribution in [0.3, 0.4) is 0 Å². The molecule has 0 saturated carbocycles. The molecule has 0 spiro atoms. The van der Waals surface area contributed by atoms with Gasteiger partial charge in [-0.25, -0.2) is 9.97 Å². The van der Waals surface area contributed by atoms with Gasteiger partial charge in [-0.2, -0.15) is 0 Å². The van der Waals surface area contributed by atoms with Crippen LogP contribution >= 0.6 is 0 Å². The normalized spacial score (nSPS) is 10.1. The van der Waals surface area contributed by atoms with Gasteiger partial charge in [0.05, 0.1) is 6.10 Å². The number of anilines is 1. The monoisotopic (exact) mass is 153 g/mol. The van der Waals surface area contributed by atoms with Crippen molar-refractivity contribution in [2.75, 3.05) is 5.73 Å². The molecule has 0 saturated heterocycles. The smallest absolute Gasteiger partial charge is 0.257 e. The summed E-state index contributed by atoms with van der Waals surface area (Å²) in [7, 11) is 0. The molecule has 0 aromatic carbocycles. The number of hydrogen-bond donors (Lipinski definition) is 1. The molecule has 0 aliphatic heterocycles. The summed E-state index contributed by atoms with van der Waals surface area (Å²) in [5, 5.41) is 0. The molecule has 60 valence electrons. The zero-order valence-corrected chi connectivity index (χ0v) is 6.61. The molecule has 1 heterocycles. The Morgan fingerprint density at radius 1 is 1.36 bits per heavy atom. The van der Waals surface area contributed by atoms with E-state index in [9.17, 15) is 0 Å². The zero-order valence-electron chi connectivity index (χ0n) is 6.61. The van der Waals surface area contributed by atoms with Gasteiger partial charge in [-0.3, -0.25) is 0 Å². The number of hydrogen-bond acceptors (Lipinski definition) is 4. The maximum absolute atomic E-state index is 5.47. The van der Waals surface area contributed by atoms with Crippen molar-refractivity contribution in [3.8, 4) is 5.88 Å². The van der Waals surface area contributed by atoms with Crippen molar-refractivity contribution in [2.24, 2.45) is 0 Å². The highest BCUT2D eigenvalue weighted by molar-refractivity contribution is 5.38. The molecular formula is C7H11N3O. The van der Waals surface area contributed by atoms with E-state index in [2.05, 4.69) is 9.97 Å². The third kappa shape index (κ3) is 2.07. The van der Waals surface area contributed by atoms with Gasteiger partial charge in [0.2, 0.25) is 0 Å². The molecule has 0 bridgehead atoms. The Kier molecular flexibility index (Phi) is 2.25. The standard InChI is InChI=1S/C7H11N3O/c1-5(2)11-7-6(8)9-3-4-10-7/h3-5H,1-2H3,(H2,8,9). The van der Waals surface area contributed by atoms with Gasteiger partial charge in [0.25, 0.3) is 5.88 Å². The van der Waals surface area contributed by atoms with Crippen molar-refractivity contribution in [3.05, 3.63) is 12.4 Å². The second kappa shape index (κ2) is 3.18. The second-order valence-corrected chi connectivity index (χ2v) is 2.41. The molecule has 4 heteroatoms. The van der Waals surface area contributed by atoms with E-state index in [4.69, 9.17) is 10.5 Å². The van der Waals surface area contributed by atoms with Crippen LogP contribution in [-0.2, 0) is 0 Å². The van der Waals surface area contributed by atoms with Gasteiger partial charge in [0, 0.05) is 12.4 Å². The van der Waals surface area contributed by atoms with Crippen molar-refractivity contribution in [1.29, 1.82) is 0 Å². The van der Waals surface area contributed by atoms with Gasteiger partial charge in [-0.05, 0) is 13.8 Å². The van der Waals surface area contributed by atoms with Crippen molar-refractivity contribution in [3.63, 3.8) is 0 Å². The van der Waals surface area contributed by atoms with Crippen LogP contribution < -0.4 is 10.5 Å². The first-order valence-corrected chi connectivity index (χ1v) is 3.43. The molecule has 2 N–H and O–H groups in total. The fourth-order valence-electron chi connectivity index (χ4n) is 0.650. The van der Waals surface area contributed by atoms with Crippen LogP contribution in [0.25, 0.3) is 0 Å². The number of nitrogens with two attached hydrogens (primary N) is 1. The molecule has 0 radical (unpaired) electrons. The molecule has 0 unspecified atom stereocenters. The highest BCUT2D eigenvalue weighted by Gasteiger charge is 2.02. The summed E-state index contributed by atoms with van der Waals surface area (Å²) in [6, 6.07) is 0. The summed E-state index contributed by atoms with van der Waals surface area (Å²) < 4.78 is 5.25. The summed E-state index contributed by atoms with van der Waals surface area (Å²) in [6.45, 7) is 3.82. The quantitative estimate of drug-likeness (QED) is 0.684. The Bertz CT molecular complexity index is 237. The van der Waals surface area contributed by atoms with Crippen LogP contribution in [0.2, 0.25) is 0 Å². The largest absolute Gasteiger partial charge is 0.472 e. The predicted octanol–water partition coefficient (Wildman–Crippen LogP) is 0.846. The molecule has 0 amide bonds. The molecule has 0 atom stereocenters. The highest BCUT2D eigenvalue weighted by Crippen LogP contribution is 2.13. The van der Waals surface area contributed by atoms with Gasteiger partial charge in [-0.15, -0.1) is 0 Å². The van der Waals surface area contributed by atoms with E-state index < -0.39 is 0 Å². The topological polar surface area (TPSA) is 61.0 Å². The van der Waals surface area contributed by atoms with Crippen LogP contribution in [-0.4, -0.2) is 16.1 Å². The van der Waals surface area contributed by atoms with Crippen LogP contribution in [0, 0.1) is 0 Å². The first-order valence-electron chi connectivity index (χ1n) is 3.43. The Balaban J connectivity index is 2.78. The lowest BCUT2D eigenvalue weighted by molar-refractivity contribution is 0.233. The molecular weight excluding hydrogens is 142 g/mol. The summed E-state index contributed by atoms with van der Waals surface area (Å²) in [5.74, 6) is 0.740. The number of aromatic nitrogens is 2. The van der Waals surface area contributed by atoms with E-state index in [0.717, 1.165) is 0 Å². The lowest BCUT2D eigenvalue weighted by atomic mass is 10.5.